The molecule has 19 heteroatoms. The third kappa shape index (κ3) is 13.9. The molecule has 1 atom stereocenters. The van der Waals surface area contributed by atoms with E-state index in [-0.39, 0.29) is 23.1 Å². The van der Waals surface area contributed by atoms with Gasteiger partial charge in [-0.15, -0.1) is 11.8 Å². The number of sulfonamides is 1. The Morgan fingerprint density at radius 1 is 0.808 bits per heavy atom. The zero-order chi connectivity index (χ0) is 52.5. The highest BCUT2D eigenvalue weighted by molar-refractivity contribution is 7.99. The Bertz CT molecular complexity index is 3170. The van der Waals surface area contributed by atoms with Gasteiger partial charge in [-0.25, -0.2) is 21.2 Å². The predicted octanol–water partition coefficient (Wildman–Crippen LogP) is 9.19. The molecular weight excluding hydrogens is 999 g/mol. The van der Waals surface area contributed by atoms with Crippen LogP contribution in [-0.4, -0.2) is 126 Å². The maximum atomic E-state index is 14.2. The van der Waals surface area contributed by atoms with Crippen LogP contribution in [0.3, 0.4) is 0 Å². The molecule has 2 heterocycles. The fourth-order valence-corrected chi connectivity index (χ4v) is 11.5. The van der Waals surface area contributed by atoms with Crippen LogP contribution in [0.5, 0.6) is 0 Å². The average molecular weight is 1060 g/mol. The van der Waals surface area contributed by atoms with E-state index in [0.717, 1.165) is 73.1 Å². The van der Waals surface area contributed by atoms with E-state index < -0.39 is 41.2 Å². The normalized spacial score (nSPS) is 14.1. The van der Waals surface area contributed by atoms with E-state index in [1.807, 2.05) is 92.1 Å². The number of nitrogens with zero attached hydrogens (tertiary/aromatic N) is 4. The molecule has 386 valence electrons. The van der Waals surface area contributed by atoms with Gasteiger partial charge in [0.15, 0.2) is 0 Å². The molecule has 7 rings (SSSR count). The minimum absolute atomic E-state index is 0.0505. The van der Waals surface area contributed by atoms with Gasteiger partial charge in [0.25, 0.3) is 25.8 Å². The van der Waals surface area contributed by atoms with Gasteiger partial charge in [0, 0.05) is 84.5 Å². The third-order valence-electron chi connectivity index (χ3n) is 12.5. The number of piperazine rings is 1. The zero-order valence-corrected chi connectivity index (χ0v) is 43.7. The summed E-state index contributed by atoms with van der Waals surface area (Å²) in [7, 11) is -2.96. The van der Waals surface area contributed by atoms with Crippen molar-refractivity contribution >= 4 is 48.9 Å². The Labute approximate surface area is 430 Å². The summed E-state index contributed by atoms with van der Waals surface area (Å²) in [6, 6.07) is 31.0. The number of rotatable bonds is 19. The number of likely N-dealkylation sites (N-methyl/N-ethyl adjacent to an activating group) is 1. The van der Waals surface area contributed by atoms with Gasteiger partial charge in [0.2, 0.25) is 0 Å². The summed E-state index contributed by atoms with van der Waals surface area (Å²) in [6.45, 7) is 7.77. The Balaban J connectivity index is 1.10. The number of carbonyl (C=O) groups is 1. The minimum Gasteiger partial charge on any atom is -0.380 e. The van der Waals surface area contributed by atoms with E-state index in [4.69, 9.17) is 0 Å². The fourth-order valence-electron chi connectivity index (χ4n) is 8.38. The van der Waals surface area contributed by atoms with Crippen molar-refractivity contribution in [1.82, 2.24) is 24.6 Å². The van der Waals surface area contributed by atoms with Crippen LogP contribution in [0, 0.1) is 24.6 Å². The number of halogens is 4. The van der Waals surface area contributed by atoms with Crippen molar-refractivity contribution in [3.05, 3.63) is 150 Å². The molecule has 0 saturated carbocycles. The Kier molecular flexibility index (Phi) is 17.8. The third-order valence-corrected chi connectivity index (χ3v) is 16.6. The number of sulfone groups is 1. The lowest BCUT2D eigenvalue weighted by molar-refractivity contribution is -0.0435. The van der Waals surface area contributed by atoms with E-state index in [1.165, 1.54) is 36.0 Å². The highest BCUT2D eigenvalue weighted by Gasteiger charge is 2.48. The first-order chi connectivity index (χ1) is 34.7. The summed E-state index contributed by atoms with van der Waals surface area (Å²) in [5, 5.41) is 6.11. The van der Waals surface area contributed by atoms with Crippen molar-refractivity contribution in [2.24, 2.45) is 7.05 Å². The highest BCUT2D eigenvalue weighted by Crippen LogP contribution is 2.40. The molecule has 0 radical (unpaired) electrons. The van der Waals surface area contributed by atoms with Gasteiger partial charge in [-0.1, -0.05) is 42.2 Å². The van der Waals surface area contributed by atoms with E-state index in [1.54, 1.807) is 24.3 Å². The van der Waals surface area contributed by atoms with Gasteiger partial charge in [-0.05, 0) is 156 Å². The molecule has 0 aliphatic carbocycles. The number of aromatic nitrogens is 1. The summed E-state index contributed by atoms with van der Waals surface area (Å²) < 4.78 is 114. The summed E-state index contributed by atoms with van der Waals surface area (Å²) in [5.74, 6) is 5.99. The van der Waals surface area contributed by atoms with Gasteiger partial charge in [-0.2, -0.15) is 13.2 Å². The van der Waals surface area contributed by atoms with Crippen LogP contribution in [0.15, 0.2) is 136 Å². The molecule has 0 spiro atoms. The Morgan fingerprint density at radius 2 is 1.49 bits per heavy atom. The van der Waals surface area contributed by atoms with E-state index in [9.17, 15) is 39.2 Å². The highest BCUT2D eigenvalue weighted by atomic mass is 32.2. The van der Waals surface area contributed by atoms with Crippen molar-refractivity contribution < 1.29 is 39.2 Å². The van der Waals surface area contributed by atoms with Crippen molar-refractivity contribution in [3.8, 4) is 34.2 Å². The van der Waals surface area contributed by atoms with Crippen molar-refractivity contribution in [2.75, 3.05) is 82.7 Å². The summed E-state index contributed by atoms with van der Waals surface area (Å²) in [6.07, 6.45) is 1.23. The van der Waals surface area contributed by atoms with Gasteiger partial charge in [0.05, 0.1) is 21.8 Å². The second kappa shape index (κ2) is 23.8. The summed E-state index contributed by atoms with van der Waals surface area (Å²) in [4.78, 5) is 19.7. The lowest BCUT2D eigenvalue weighted by Crippen LogP contribution is -2.45. The number of hydrogen-bond acceptors (Lipinski definition) is 10. The molecule has 1 saturated heterocycles. The van der Waals surface area contributed by atoms with Crippen LogP contribution in [-0.2, 0) is 26.9 Å². The molecule has 3 N–H and O–H groups in total. The average Bonchev–Trinajstić information content (AvgIpc) is 3.63. The van der Waals surface area contributed by atoms with Crippen molar-refractivity contribution in [3.63, 3.8) is 0 Å². The van der Waals surface area contributed by atoms with Crippen LogP contribution >= 0.6 is 11.8 Å². The fraction of sp³-hybridized carbons (Fsp3) is 0.315. The molecule has 1 aliphatic heterocycles. The number of benzene rings is 5. The number of hydrogen-bond donors (Lipinski definition) is 3. The van der Waals surface area contributed by atoms with Crippen LogP contribution in [0.4, 0.5) is 28.9 Å². The molecule has 0 bridgehead atoms. The van der Waals surface area contributed by atoms with Crippen molar-refractivity contribution in [2.45, 2.75) is 46.0 Å². The molecule has 6 aromatic rings. The number of carbonyl (C=O) groups excluding carboxylic acids is 1. The number of amides is 1. The van der Waals surface area contributed by atoms with Crippen molar-refractivity contribution in [1.29, 1.82) is 0 Å². The number of anilines is 2. The summed E-state index contributed by atoms with van der Waals surface area (Å²) in [5.41, 5.74) is -0.886. The minimum atomic E-state index is -6.01. The standard InChI is InChI=1S/C54H59F4N7O5S3/c1-38-50(53(66)59-28-10-29-65-33-31-63(4)32-34-65)51(52(64(38)5)41-19-21-43(55)22-20-41)42-12-9-11-40(35-42)16-15-39-17-23-44(24-18-39)61-73(69,70)47-25-26-48(49(36-47)72(67,68)54(56,57)58)60-45(27-30-62(2)3)37-71-46-13-7-6-8-14-46/h6-9,11-14,17-26,35-36,45,60-61H,10,27-34,37H2,1-5H3,(H,59,66). The molecule has 5 aromatic carbocycles. The summed E-state index contributed by atoms with van der Waals surface area (Å²) >= 11 is 1.45. The molecule has 1 unspecified atom stereocenters. The first kappa shape index (κ1) is 54.6. The monoisotopic (exact) mass is 1060 g/mol. The first-order valence-corrected chi connectivity index (χ1v) is 27.6. The molecule has 73 heavy (non-hydrogen) atoms. The van der Waals surface area contributed by atoms with E-state index >= 15 is 0 Å². The second-order valence-electron chi connectivity index (χ2n) is 18.2. The van der Waals surface area contributed by atoms with Crippen LogP contribution < -0.4 is 15.4 Å². The molecule has 1 amide bonds. The Hall–Kier alpha value is -6.14. The van der Waals surface area contributed by atoms with E-state index in [2.05, 4.69) is 44.0 Å². The first-order valence-electron chi connectivity index (χ1n) is 23.6. The lowest BCUT2D eigenvalue weighted by atomic mass is 9.95. The number of thioether (sulfide) groups is 1. The Morgan fingerprint density at radius 3 is 2.16 bits per heavy atom. The molecule has 1 aliphatic rings. The predicted molar refractivity (Wildman–Crippen MR) is 283 cm³/mol. The largest absolute Gasteiger partial charge is 0.501 e. The molecular formula is C54H59F4N7O5S3. The SMILES string of the molecule is Cc1c(C(=O)NCCCN2CCN(C)CC2)c(-c2cccc(C#Cc3ccc(NS(=O)(=O)c4ccc(NC(CCN(C)C)CSc5ccccc5)c(S(=O)(=O)C(F)(F)F)c4)cc3)c2)c(-c2ccc(F)cc2)n1C. The zero-order valence-electron chi connectivity index (χ0n) is 41.3. The molecule has 1 aromatic heterocycles. The smallest absolute Gasteiger partial charge is 0.380 e. The topological polar surface area (TPSA) is 136 Å². The van der Waals surface area contributed by atoms with Gasteiger partial charge < -0.3 is 29.9 Å². The maximum Gasteiger partial charge on any atom is 0.501 e. The van der Waals surface area contributed by atoms with Crippen LogP contribution in [0.1, 0.15) is 40.0 Å². The second-order valence-corrected chi connectivity index (χ2v) is 22.9. The van der Waals surface area contributed by atoms with Gasteiger partial charge in [-0.3, -0.25) is 9.52 Å². The molecule has 12 nitrogen and oxygen atoms in total. The number of alkyl halides is 3. The van der Waals surface area contributed by atoms with Crippen LogP contribution in [0.2, 0.25) is 0 Å². The quantitative estimate of drug-likeness (QED) is 0.0312. The number of nitrogens with one attached hydrogen (secondary N) is 3. The lowest BCUT2D eigenvalue weighted by Gasteiger charge is -2.32. The van der Waals surface area contributed by atoms with Gasteiger partial charge in [0.1, 0.15) is 10.7 Å². The molecule has 1 fully saturated rings. The maximum absolute atomic E-state index is 14.2. The van der Waals surface area contributed by atoms with Crippen LogP contribution in [0.25, 0.3) is 22.4 Å². The van der Waals surface area contributed by atoms with Gasteiger partial charge >= 0.3 is 5.51 Å². The van der Waals surface area contributed by atoms with E-state index in [0.29, 0.717) is 59.1 Å².